The summed E-state index contributed by atoms with van der Waals surface area (Å²) >= 11 is 0. The first-order chi connectivity index (χ1) is 38.5. The van der Waals surface area contributed by atoms with Gasteiger partial charge in [0.2, 0.25) is 5.91 Å². The fourth-order valence-corrected chi connectivity index (χ4v) is 10.4. The average Bonchev–Trinajstić information content (AvgIpc) is 3.42. The van der Waals surface area contributed by atoms with Crippen LogP contribution < -0.4 is 5.32 Å². The lowest BCUT2D eigenvalue weighted by atomic mass is 10.0. The number of aliphatic hydroxyl groups excluding tert-OH is 1. The van der Waals surface area contributed by atoms with E-state index in [1.54, 1.807) is 6.08 Å². The van der Waals surface area contributed by atoms with Gasteiger partial charge in [-0.25, -0.2) is 4.57 Å². The molecular formula is C70H130N2O6P+. The number of hydrogen-bond donors (Lipinski definition) is 3. The van der Waals surface area contributed by atoms with Crippen molar-refractivity contribution in [2.24, 2.45) is 0 Å². The quantitative estimate of drug-likeness (QED) is 0.0243. The molecule has 0 aliphatic rings. The Labute approximate surface area is 490 Å². The highest BCUT2D eigenvalue weighted by molar-refractivity contribution is 7.47. The molecule has 0 aromatic heterocycles. The highest BCUT2D eigenvalue weighted by atomic mass is 31.2. The van der Waals surface area contributed by atoms with Gasteiger partial charge in [-0.3, -0.25) is 13.8 Å². The summed E-state index contributed by atoms with van der Waals surface area (Å²) in [5, 5.41) is 14.0. The minimum absolute atomic E-state index is 0.0608. The fourth-order valence-electron chi connectivity index (χ4n) is 9.70. The van der Waals surface area contributed by atoms with Gasteiger partial charge in [-0.05, 0) is 70.6 Å². The van der Waals surface area contributed by atoms with E-state index in [4.69, 9.17) is 9.05 Å². The van der Waals surface area contributed by atoms with Gasteiger partial charge < -0.3 is 19.8 Å². The molecule has 0 aromatic rings. The van der Waals surface area contributed by atoms with Gasteiger partial charge in [0.1, 0.15) is 13.2 Å². The molecule has 0 aliphatic carbocycles. The second kappa shape index (κ2) is 60.3. The third kappa shape index (κ3) is 63.1. The highest BCUT2D eigenvalue weighted by Gasteiger charge is 2.28. The molecule has 0 heterocycles. The first-order valence-electron chi connectivity index (χ1n) is 33.5. The number of phosphoric ester groups is 1. The first-order valence-corrected chi connectivity index (χ1v) is 35.0. The third-order valence-corrected chi connectivity index (χ3v) is 15.9. The van der Waals surface area contributed by atoms with Crippen molar-refractivity contribution in [3.63, 3.8) is 0 Å². The van der Waals surface area contributed by atoms with Crippen LogP contribution in [0.15, 0.2) is 85.1 Å². The summed E-state index contributed by atoms with van der Waals surface area (Å²) in [6.07, 6.45) is 85.7. The molecule has 3 unspecified atom stereocenters. The third-order valence-electron chi connectivity index (χ3n) is 14.9. The summed E-state index contributed by atoms with van der Waals surface area (Å²) in [4.78, 5) is 23.4. The number of rotatable bonds is 61. The van der Waals surface area contributed by atoms with Crippen molar-refractivity contribution in [3.8, 4) is 0 Å². The van der Waals surface area contributed by atoms with Crippen LogP contribution >= 0.6 is 7.82 Å². The largest absolute Gasteiger partial charge is 0.472 e. The van der Waals surface area contributed by atoms with Crippen molar-refractivity contribution < 1.29 is 32.9 Å². The fraction of sp³-hybridized carbons (Fsp3) is 0.786. The lowest BCUT2D eigenvalue weighted by Crippen LogP contribution is -2.45. The van der Waals surface area contributed by atoms with E-state index in [9.17, 15) is 19.4 Å². The number of phosphoric acid groups is 1. The topological polar surface area (TPSA) is 105 Å². The van der Waals surface area contributed by atoms with Gasteiger partial charge in [0.05, 0.1) is 39.9 Å². The summed E-state index contributed by atoms with van der Waals surface area (Å²) in [6, 6.07) is -0.850. The van der Waals surface area contributed by atoms with Crippen molar-refractivity contribution in [1.82, 2.24) is 5.32 Å². The molecule has 79 heavy (non-hydrogen) atoms. The van der Waals surface area contributed by atoms with Gasteiger partial charge >= 0.3 is 7.82 Å². The number of allylic oxidation sites excluding steroid dienone is 13. The van der Waals surface area contributed by atoms with Gasteiger partial charge in [-0.2, -0.15) is 0 Å². The molecule has 0 bridgehead atoms. The van der Waals surface area contributed by atoms with Crippen LogP contribution in [0, 0.1) is 0 Å². The molecule has 0 fully saturated rings. The molecule has 0 rings (SSSR count). The van der Waals surface area contributed by atoms with Gasteiger partial charge in [0, 0.05) is 6.42 Å². The maximum atomic E-state index is 13.0. The Morgan fingerprint density at radius 3 is 1.11 bits per heavy atom. The highest BCUT2D eigenvalue weighted by Crippen LogP contribution is 2.43. The summed E-state index contributed by atoms with van der Waals surface area (Å²) in [5.74, 6) is -0.174. The van der Waals surface area contributed by atoms with E-state index in [-0.39, 0.29) is 19.1 Å². The Bertz CT molecular complexity index is 1560. The predicted octanol–water partition coefficient (Wildman–Crippen LogP) is 21.2. The van der Waals surface area contributed by atoms with Gasteiger partial charge in [-0.15, -0.1) is 0 Å². The number of aliphatic hydroxyl groups is 1. The van der Waals surface area contributed by atoms with Crippen molar-refractivity contribution in [3.05, 3.63) is 85.1 Å². The molecule has 0 saturated carbocycles. The van der Waals surface area contributed by atoms with Crippen LogP contribution in [-0.4, -0.2) is 73.4 Å². The van der Waals surface area contributed by atoms with Crippen LogP contribution in [0.3, 0.4) is 0 Å². The number of likely N-dealkylation sites (N-methyl/N-ethyl adjacent to an activating group) is 1. The Hall–Kier alpha value is -2.32. The van der Waals surface area contributed by atoms with Gasteiger partial charge in [0.25, 0.3) is 0 Å². The lowest BCUT2D eigenvalue weighted by Gasteiger charge is -2.25. The average molecular weight is 1130 g/mol. The maximum Gasteiger partial charge on any atom is 0.472 e. The number of quaternary nitrogens is 1. The summed E-state index contributed by atoms with van der Waals surface area (Å²) in [6.45, 7) is 4.73. The van der Waals surface area contributed by atoms with Crippen LogP contribution in [0.25, 0.3) is 0 Å². The summed E-state index contributed by atoms with van der Waals surface area (Å²) in [5.41, 5.74) is 0. The van der Waals surface area contributed by atoms with E-state index in [1.807, 2.05) is 27.2 Å². The summed E-state index contributed by atoms with van der Waals surface area (Å²) in [7, 11) is 1.58. The van der Waals surface area contributed by atoms with E-state index >= 15 is 0 Å². The maximum absolute atomic E-state index is 13.0. The zero-order chi connectivity index (χ0) is 57.7. The minimum atomic E-state index is -4.35. The smallest absolute Gasteiger partial charge is 0.387 e. The number of carbonyl (C=O) groups is 1. The molecule has 0 aromatic carbocycles. The number of nitrogens with one attached hydrogen (secondary N) is 1. The number of carbonyl (C=O) groups excluding carboxylic acids is 1. The first kappa shape index (κ1) is 76.7. The van der Waals surface area contributed by atoms with Crippen molar-refractivity contribution in [2.75, 3.05) is 40.9 Å². The predicted molar refractivity (Wildman–Crippen MR) is 346 cm³/mol. The molecule has 0 aliphatic heterocycles. The molecule has 460 valence electrons. The van der Waals surface area contributed by atoms with Crippen LogP contribution in [0.2, 0.25) is 0 Å². The second-order valence-electron chi connectivity index (χ2n) is 23.8. The Kier molecular flexibility index (Phi) is 58.5. The van der Waals surface area contributed by atoms with Gasteiger partial charge in [0.15, 0.2) is 0 Å². The Balaban J connectivity index is 4.03. The van der Waals surface area contributed by atoms with E-state index in [2.05, 4.69) is 92.1 Å². The normalized spacial score (nSPS) is 14.3. The Morgan fingerprint density at radius 1 is 0.443 bits per heavy atom. The molecule has 9 heteroatoms. The molecule has 3 atom stereocenters. The minimum Gasteiger partial charge on any atom is -0.387 e. The number of amides is 1. The van der Waals surface area contributed by atoms with Crippen molar-refractivity contribution >= 4 is 13.7 Å². The Morgan fingerprint density at radius 2 is 0.759 bits per heavy atom. The molecule has 0 saturated heterocycles. The zero-order valence-corrected chi connectivity index (χ0v) is 53.5. The van der Waals surface area contributed by atoms with Crippen LogP contribution in [0.5, 0.6) is 0 Å². The number of unbranched alkanes of at least 4 members (excludes halogenated alkanes) is 36. The molecule has 0 radical (unpaired) electrons. The molecule has 3 N–H and O–H groups in total. The van der Waals surface area contributed by atoms with Crippen molar-refractivity contribution in [1.29, 1.82) is 0 Å². The molecule has 1 amide bonds. The van der Waals surface area contributed by atoms with E-state index in [0.29, 0.717) is 17.4 Å². The zero-order valence-electron chi connectivity index (χ0n) is 52.6. The van der Waals surface area contributed by atoms with Crippen LogP contribution in [-0.2, 0) is 18.4 Å². The van der Waals surface area contributed by atoms with E-state index in [0.717, 1.165) is 77.0 Å². The molecule has 8 nitrogen and oxygen atoms in total. The number of nitrogens with zero attached hydrogens (tertiary/aromatic N) is 1. The molecule has 0 spiro atoms. The second-order valence-corrected chi connectivity index (χ2v) is 25.3. The van der Waals surface area contributed by atoms with Crippen LogP contribution in [0.1, 0.15) is 303 Å². The van der Waals surface area contributed by atoms with E-state index in [1.165, 1.54) is 205 Å². The van der Waals surface area contributed by atoms with Gasteiger partial charge in [-0.1, -0.05) is 311 Å². The standard InChI is InChI=1S/C70H129N2O6P/c1-6-8-10-12-14-16-18-20-22-24-26-28-29-30-31-32-33-34-35-36-37-38-39-40-41-42-43-44-46-48-50-52-54-56-58-60-62-64-70(74)71-68(67-78-79(75,76)77-66-65-72(3,4)5)69(73)63-61-59-57-55-53-51-49-47-45-27-25-23-21-19-17-15-13-11-9-7-2/h8,10,14,16,20,22,26,28,30-31,33-34,61,63,68-69,73H,6-7,9,11-13,15,17-19,21,23-25,27,29,32,35-60,62,64-67H2,1-5H3,(H-,71,74,75,76)/p+1/b10-8-,16-14-,22-20-,28-26-,31-30-,34-33-,63-61+. The monoisotopic (exact) mass is 1130 g/mol. The molecular weight excluding hydrogens is 996 g/mol. The van der Waals surface area contributed by atoms with E-state index < -0.39 is 20.0 Å². The van der Waals surface area contributed by atoms with Crippen LogP contribution in [0.4, 0.5) is 0 Å². The summed E-state index contributed by atoms with van der Waals surface area (Å²) < 4.78 is 23.8. The SMILES string of the molecule is CC/C=C\C/C=C\C/C=C\C/C=C\C/C=C\C/C=C\CCCCCCCCCCCCCCCCCCCCC(=O)NC(COP(=O)(O)OCC[N+](C)(C)C)C(O)/C=C/CCCCCCCCCCCCCCCCCCCC. The van der Waals surface area contributed by atoms with Crippen molar-refractivity contribution in [2.45, 2.75) is 315 Å². The lowest BCUT2D eigenvalue weighted by molar-refractivity contribution is -0.870. The number of hydrogen-bond acceptors (Lipinski definition) is 5.